The predicted octanol–water partition coefficient (Wildman–Crippen LogP) is 2.69. The van der Waals surface area contributed by atoms with E-state index in [1.807, 2.05) is 30.3 Å². The first-order valence-corrected chi connectivity index (χ1v) is 6.12. The van der Waals surface area contributed by atoms with Crippen LogP contribution in [-0.4, -0.2) is 23.7 Å². The Kier molecular flexibility index (Phi) is 2.91. The molecule has 1 aliphatic carbocycles. The van der Waals surface area contributed by atoms with Crippen molar-refractivity contribution >= 4 is 11.6 Å². The summed E-state index contributed by atoms with van der Waals surface area (Å²) >= 11 is 0. The van der Waals surface area contributed by atoms with Crippen molar-refractivity contribution in [3.8, 4) is 17.0 Å². The summed E-state index contributed by atoms with van der Waals surface area (Å²) in [6.07, 6.45) is 2.52. The fourth-order valence-corrected chi connectivity index (χ4v) is 2.21. The molecule has 0 saturated heterocycles. The van der Waals surface area contributed by atoms with E-state index in [0.29, 0.717) is 17.0 Å². The monoisotopic (exact) mass is 265 g/mol. The van der Waals surface area contributed by atoms with Crippen molar-refractivity contribution in [2.75, 3.05) is 7.11 Å². The molecule has 0 amide bonds. The molecule has 0 aliphatic heterocycles. The molecule has 0 unspecified atom stereocenters. The number of carbonyl (C=O) groups is 2. The minimum atomic E-state index is -0.282. The molecule has 0 N–H and O–H groups in total. The number of hydrogen-bond donors (Lipinski definition) is 0. The third-order valence-corrected chi connectivity index (χ3v) is 3.16. The Labute approximate surface area is 115 Å². The van der Waals surface area contributed by atoms with Gasteiger partial charge in [0.05, 0.1) is 12.7 Å². The normalized spacial score (nSPS) is 13.2. The number of benzene rings is 1. The predicted molar refractivity (Wildman–Crippen MR) is 74.0 cm³/mol. The van der Waals surface area contributed by atoms with Crippen LogP contribution in [0.15, 0.2) is 48.6 Å². The zero-order chi connectivity index (χ0) is 14.1. The van der Waals surface area contributed by atoms with Gasteiger partial charge in [0, 0.05) is 11.6 Å². The summed E-state index contributed by atoms with van der Waals surface area (Å²) in [7, 11) is 1.48. The van der Waals surface area contributed by atoms with E-state index in [1.165, 1.54) is 19.3 Å². The molecule has 1 aromatic carbocycles. The summed E-state index contributed by atoms with van der Waals surface area (Å²) in [6, 6.07) is 11.1. The lowest BCUT2D eigenvalue weighted by molar-refractivity contribution is 0.0990. The van der Waals surface area contributed by atoms with E-state index in [-0.39, 0.29) is 17.3 Å². The van der Waals surface area contributed by atoms with Crippen LogP contribution in [0.4, 0.5) is 0 Å². The van der Waals surface area contributed by atoms with Crippen LogP contribution < -0.4 is 4.74 Å². The zero-order valence-electron chi connectivity index (χ0n) is 10.8. The molecular formula is C16H11NO3. The Morgan fingerprint density at radius 3 is 2.40 bits per heavy atom. The molecule has 4 nitrogen and oxygen atoms in total. The minimum absolute atomic E-state index is 0.149. The van der Waals surface area contributed by atoms with Gasteiger partial charge in [-0.2, -0.15) is 0 Å². The quantitative estimate of drug-likeness (QED) is 0.837. The number of hydrogen-bond acceptors (Lipinski definition) is 4. The van der Waals surface area contributed by atoms with Crippen LogP contribution >= 0.6 is 0 Å². The van der Waals surface area contributed by atoms with Gasteiger partial charge in [-0.3, -0.25) is 9.59 Å². The summed E-state index contributed by atoms with van der Waals surface area (Å²) in [5, 5.41) is 0. The maximum Gasteiger partial charge on any atom is 0.214 e. The van der Waals surface area contributed by atoms with Crippen molar-refractivity contribution in [3.05, 3.63) is 59.8 Å². The van der Waals surface area contributed by atoms with Crippen molar-refractivity contribution in [2.45, 2.75) is 0 Å². The second kappa shape index (κ2) is 4.74. The van der Waals surface area contributed by atoms with E-state index in [0.717, 1.165) is 5.56 Å². The maximum atomic E-state index is 12.1. The second-order valence-corrected chi connectivity index (χ2v) is 4.36. The smallest absolute Gasteiger partial charge is 0.214 e. The fraction of sp³-hybridized carbons (Fsp3) is 0.0625. The van der Waals surface area contributed by atoms with Crippen molar-refractivity contribution in [2.24, 2.45) is 0 Å². The third kappa shape index (κ3) is 1.91. The number of ether oxygens (including phenoxy) is 1. The molecule has 1 aliphatic rings. The van der Waals surface area contributed by atoms with Crippen LogP contribution in [0.3, 0.4) is 0 Å². The molecule has 20 heavy (non-hydrogen) atoms. The molecule has 2 aromatic rings. The molecular weight excluding hydrogens is 254 g/mol. The highest BCUT2D eigenvalue weighted by Gasteiger charge is 2.25. The summed E-state index contributed by atoms with van der Waals surface area (Å²) < 4.78 is 5.13. The van der Waals surface area contributed by atoms with E-state index in [1.54, 1.807) is 6.07 Å². The molecule has 98 valence electrons. The molecule has 3 rings (SSSR count). The van der Waals surface area contributed by atoms with E-state index < -0.39 is 0 Å². The minimum Gasteiger partial charge on any atom is -0.481 e. The molecule has 1 aromatic heterocycles. The first-order chi connectivity index (χ1) is 9.70. The summed E-state index contributed by atoms with van der Waals surface area (Å²) in [5.41, 5.74) is 2.00. The van der Waals surface area contributed by atoms with E-state index in [4.69, 9.17) is 4.74 Å². The van der Waals surface area contributed by atoms with Crippen LogP contribution in [0, 0.1) is 0 Å². The lowest BCUT2D eigenvalue weighted by atomic mass is 9.91. The number of rotatable bonds is 2. The second-order valence-electron chi connectivity index (χ2n) is 4.36. The Balaban J connectivity index is 2.32. The number of carbonyl (C=O) groups excluding carboxylic acids is 2. The molecule has 0 saturated carbocycles. The molecule has 0 bridgehead atoms. The lowest BCUT2D eigenvalue weighted by Crippen LogP contribution is -2.15. The van der Waals surface area contributed by atoms with Gasteiger partial charge in [0.1, 0.15) is 5.69 Å². The maximum absolute atomic E-state index is 12.1. The van der Waals surface area contributed by atoms with Gasteiger partial charge in [0.15, 0.2) is 5.78 Å². The highest BCUT2D eigenvalue weighted by Crippen LogP contribution is 2.31. The SMILES string of the molecule is COc1cc(-c2ccccc2)c2c(n1)C(=O)C=CC2=O. The number of aromatic nitrogens is 1. The largest absolute Gasteiger partial charge is 0.481 e. The number of nitrogens with zero attached hydrogens (tertiary/aromatic N) is 1. The molecule has 0 radical (unpaired) electrons. The topological polar surface area (TPSA) is 56.3 Å². The molecule has 0 atom stereocenters. The highest BCUT2D eigenvalue weighted by molar-refractivity contribution is 6.23. The Morgan fingerprint density at radius 2 is 1.70 bits per heavy atom. The lowest BCUT2D eigenvalue weighted by Gasteiger charge is -2.15. The van der Waals surface area contributed by atoms with E-state index >= 15 is 0 Å². The Morgan fingerprint density at radius 1 is 1.00 bits per heavy atom. The zero-order valence-corrected chi connectivity index (χ0v) is 10.8. The number of fused-ring (bicyclic) bond motifs is 1. The molecule has 4 heteroatoms. The average molecular weight is 265 g/mol. The molecule has 0 fully saturated rings. The van der Waals surface area contributed by atoms with Gasteiger partial charge in [-0.05, 0) is 17.7 Å². The van der Waals surface area contributed by atoms with Crippen LogP contribution in [0.5, 0.6) is 5.88 Å². The van der Waals surface area contributed by atoms with Crippen molar-refractivity contribution in [1.82, 2.24) is 4.98 Å². The van der Waals surface area contributed by atoms with Gasteiger partial charge in [-0.1, -0.05) is 30.3 Å². The first kappa shape index (κ1) is 12.3. The van der Waals surface area contributed by atoms with Crippen LogP contribution in [0.25, 0.3) is 11.1 Å². The third-order valence-electron chi connectivity index (χ3n) is 3.16. The average Bonchev–Trinajstić information content (AvgIpc) is 2.51. The first-order valence-electron chi connectivity index (χ1n) is 6.12. The van der Waals surface area contributed by atoms with Crippen LogP contribution in [0.2, 0.25) is 0 Å². The number of pyridine rings is 1. The van der Waals surface area contributed by atoms with Gasteiger partial charge in [0.25, 0.3) is 0 Å². The summed E-state index contributed by atoms with van der Waals surface area (Å²) in [6.45, 7) is 0. The fourth-order valence-electron chi connectivity index (χ4n) is 2.21. The summed E-state index contributed by atoms with van der Waals surface area (Å²) in [4.78, 5) is 28.1. The Hall–Kier alpha value is -2.75. The number of allylic oxidation sites excluding steroid dienone is 2. The number of ketones is 2. The van der Waals surface area contributed by atoms with E-state index in [9.17, 15) is 9.59 Å². The van der Waals surface area contributed by atoms with Crippen molar-refractivity contribution in [3.63, 3.8) is 0 Å². The van der Waals surface area contributed by atoms with Crippen molar-refractivity contribution < 1.29 is 14.3 Å². The standard InChI is InChI=1S/C16H11NO3/c1-20-14-9-11(10-5-3-2-4-6-10)15-12(18)7-8-13(19)16(15)17-14/h2-9H,1H3. The van der Waals surface area contributed by atoms with Crippen LogP contribution in [0.1, 0.15) is 20.8 Å². The van der Waals surface area contributed by atoms with Gasteiger partial charge < -0.3 is 4.74 Å². The summed E-state index contributed by atoms with van der Waals surface area (Å²) in [5.74, 6) is -0.177. The molecule has 0 spiro atoms. The highest BCUT2D eigenvalue weighted by atomic mass is 16.5. The van der Waals surface area contributed by atoms with Gasteiger partial charge in [-0.15, -0.1) is 0 Å². The Bertz CT molecular complexity index is 733. The van der Waals surface area contributed by atoms with E-state index in [2.05, 4.69) is 4.98 Å². The van der Waals surface area contributed by atoms with Gasteiger partial charge >= 0.3 is 0 Å². The van der Waals surface area contributed by atoms with Gasteiger partial charge in [-0.25, -0.2) is 4.98 Å². The number of methoxy groups -OCH3 is 1. The van der Waals surface area contributed by atoms with Crippen LogP contribution in [-0.2, 0) is 0 Å². The molecule has 1 heterocycles. The van der Waals surface area contributed by atoms with Gasteiger partial charge in [0.2, 0.25) is 11.7 Å². The van der Waals surface area contributed by atoms with Crippen molar-refractivity contribution in [1.29, 1.82) is 0 Å².